The average Bonchev–Trinajstić information content (AvgIpc) is 2.51. The van der Waals surface area contributed by atoms with E-state index in [0.717, 1.165) is 29.6 Å². The Bertz CT molecular complexity index is 257. The first-order chi connectivity index (χ1) is 9.97. The molecule has 2 fully saturated rings. The van der Waals surface area contributed by atoms with Crippen LogP contribution in [0.2, 0.25) is 0 Å². The molecular weight excluding hydrogens is 252 g/mol. The molecule has 0 bridgehead atoms. The van der Waals surface area contributed by atoms with E-state index in [1.807, 2.05) is 27.7 Å². The summed E-state index contributed by atoms with van der Waals surface area (Å²) in [6.07, 6.45) is 8.89. The van der Waals surface area contributed by atoms with Crippen LogP contribution in [0.4, 0.5) is 0 Å². The normalized spacial score (nSPS) is 39.9. The summed E-state index contributed by atoms with van der Waals surface area (Å²) >= 11 is 0. The molecule has 0 aromatic heterocycles. The van der Waals surface area contributed by atoms with Crippen LogP contribution in [-0.4, -0.2) is 0 Å². The molecule has 0 heteroatoms. The second-order valence-corrected chi connectivity index (χ2v) is 7.61. The molecule has 2 saturated carbocycles. The number of hydrogen-bond acceptors (Lipinski definition) is 0. The predicted molar refractivity (Wildman–Crippen MR) is 98.7 cm³/mol. The van der Waals surface area contributed by atoms with Gasteiger partial charge in [-0.1, -0.05) is 68.7 Å². The van der Waals surface area contributed by atoms with Crippen LogP contribution in [0.3, 0.4) is 0 Å². The van der Waals surface area contributed by atoms with Crippen LogP contribution in [0.5, 0.6) is 0 Å². The van der Waals surface area contributed by atoms with Gasteiger partial charge >= 0.3 is 0 Å². The Kier molecular flexibility index (Phi) is 9.90. The van der Waals surface area contributed by atoms with E-state index in [1.165, 1.54) is 38.5 Å². The quantitative estimate of drug-likeness (QED) is 0.493. The van der Waals surface area contributed by atoms with Crippen molar-refractivity contribution in [1.82, 2.24) is 0 Å². The number of fused-ring (bicyclic) bond motifs is 1. The van der Waals surface area contributed by atoms with Crippen molar-refractivity contribution in [3.05, 3.63) is 0 Å². The van der Waals surface area contributed by atoms with Crippen LogP contribution in [-0.2, 0) is 0 Å². The Balaban J connectivity index is 0.000000921. The average molecular weight is 297 g/mol. The first kappa shape index (κ1) is 21.0. The molecule has 128 valence electrons. The zero-order chi connectivity index (χ0) is 16.6. The van der Waals surface area contributed by atoms with Gasteiger partial charge in [0.2, 0.25) is 0 Å². The molecule has 2 aliphatic rings. The lowest BCUT2D eigenvalue weighted by Gasteiger charge is -2.54. The van der Waals surface area contributed by atoms with E-state index < -0.39 is 0 Å². The summed E-state index contributed by atoms with van der Waals surface area (Å²) < 4.78 is 0. The molecule has 21 heavy (non-hydrogen) atoms. The Morgan fingerprint density at radius 3 is 2.10 bits per heavy atom. The van der Waals surface area contributed by atoms with Gasteiger partial charge in [0.25, 0.3) is 0 Å². The smallest absolute Gasteiger partial charge is 0.0269 e. The third-order valence-corrected chi connectivity index (χ3v) is 6.54. The Morgan fingerprint density at radius 1 is 1.00 bits per heavy atom. The van der Waals surface area contributed by atoms with Crippen molar-refractivity contribution in [2.75, 3.05) is 0 Å². The van der Waals surface area contributed by atoms with E-state index in [-0.39, 0.29) is 0 Å². The highest BCUT2D eigenvalue weighted by atomic mass is 14.5. The van der Waals surface area contributed by atoms with Gasteiger partial charge in [-0.15, -0.1) is 0 Å². The van der Waals surface area contributed by atoms with Crippen molar-refractivity contribution >= 4 is 0 Å². The first-order valence-corrected chi connectivity index (χ1v) is 9.97. The van der Waals surface area contributed by atoms with Gasteiger partial charge in [-0.05, 0) is 67.1 Å². The molecule has 0 aromatic rings. The minimum absolute atomic E-state index is 0.666. The van der Waals surface area contributed by atoms with E-state index in [9.17, 15) is 0 Å². The van der Waals surface area contributed by atoms with Crippen LogP contribution in [0, 0.1) is 35.0 Å². The van der Waals surface area contributed by atoms with Gasteiger partial charge in [0.05, 0.1) is 0 Å². The third kappa shape index (κ3) is 5.00. The minimum atomic E-state index is 0.666. The van der Waals surface area contributed by atoms with Crippen molar-refractivity contribution in [1.29, 1.82) is 0 Å². The van der Waals surface area contributed by atoms with Gasteiger partial charge in [0.1, 0.15) is 0 Å². The summed E-state index contributed by atoms with van der Waals surface area (Å²) in [6, 6.07) is 0. The van der Waals surface area contributed by atoms with Crippen molar-refractivity contribution in [2.24, 2.45) is 35.0 Å². The van der Waals surface area contributed by atoms with Crippen molar-refractivity contribution in [3.63, 3.8) is 0 Å². The fourth-order valence-electron chi connectivity index (χ4n) is 4.84. The van der Waals surface area contributed by atoms with Crippen molar-refractivity contribution in [2.45, 2.75) is 101 Å². The van der Waals surface area contributed by atoms with E-state index in [1.54, 1.807) is 0 Å². The molecule has 0 aliphatic heterocycles. The van der Waals surface area contributed by atoms with Gasteiger partial charge in [0.15, 0.2) is 0 Å². The van der Waals surface area contributed by atoms with Gasteiger partial charge in [-0.25, -0.2) is 0 Å². The maximum atomic E-state index is 2.61. The highest BCUT2D eigenvalue weighted by Crippen LogP contribution is 2.57. The fraction of sp³-hybridized carbons (Fsp3) is 1.00. The molecule has 0 aromatic carbocycles. The number of hydrogen-bond donors (Lipinski definition) is 0. The van der Waals surface area contributed by atoms with Crippen LogP contribution >= 0.6 is 0 Å². The largest absolute Gasteiger partial charge is 0.0683 e. The lowest BCUT2D eigenvalue weighted by molar-refractivity contribution is -0.0422. The summed E-state index contributed by atoms with van der Waals surface area (Å²) in [4.78, 5) is 0. The molecular formula is C21H44. The van der Waals surface area contributed by atoms with Gasteiger partial charge in [-0.2, -0.15) is 0 Å². The minimum Gasteiger partial charge on any atom is -0.0683 e. The molecule has 6 atom stereocenters. The maximum Gasteiger partial charge on any atom is -0.0269 e. The van der Waals surface area contributed by atoms with E-state index in [4.69, 9.17) is 0 Å². The molecule has 0 radical (unpaired) electrons. The summed E-state index contributed by atoms with van der Waals surface area (Å²) in [5.74, 6) is 4.91. The standard InChI is InChI=1S/C17H32.2C2H6/c1-6-13(3)15-7-8-16-10-12(2)9-14(4)17(16,5)11-15;2*1-2/h12-16H,6-11H2,1-5H3;2*1-2H3. The summed E-state index contributed by atoms with van der Waals surface area (Å²) in [6.45, 7) is 20.5. The van der Waals surface area contributed by atoms with Crippen LogP contribution in [0.15, 0.2) is 0 Å². The van der Waals surface area contributed by atoms with Crippen LogP contribution in [0.1, 0.15) is 101 Å². The van der Waals surface area contributed by atoms with Gasteiger partial charge in [0, 0.05) is 0 Å². The van der Waals surface area contributed by atoms with E-state index in [2.05, 4.69) is 34.6 Å². The van der Waals surface area contributed by atoms with E-state index in [0.29, 0.717) is 5.41 Å². The fourth-order valence-corrected chi connectivity index (χ4v) is 4.84. The highest BCUT2D eigenvalue weighted by Gasteiger charge is 2.47. The molecule has 0 N–H and O–H groups in total. The van der Waals surface area contributed by atoms with E-state index >= 15 is 0 Å². The Morgan fingerprint density at radius 2 is 1.57 bits per heavy atom. The Hall–Kier alpha value is 0. The second kappa shape index (κ2) is 9.90. The molecule has 0 saturated heterocycles. The van der Waals surface area contributed by atoms with Gasteiger partial charge in [-0.3, -0.25) is 0 Å². The third-order valence-electron chi connectivity index (χ3n) is 6.54. The summed E-state index contributed by atoms with van der Waals surface area (Å²) in [7, 11) is 0. The highest BCUT2D eigenvalue weighted by molar-refractivity contribution is 4.97. The topological polar surface area (TPSA) is 0 Å². The molecule has 6 unspecified atom stereocenters. The predicted octanol–water partition coefficient (Wildman–Crippen LogP) is 7.57. The summed E-state index contributed by atoms with van der Waals surface area (Å²) in [5, 5.41) is 0. The summed E-state index contributed by atoms with van der Waals surface area (Å²) in [5.41, 5.74) is 0.666. The van der Waals surface area contributed by atoms with Gasteiger partial charge < -0.3 is 0 Å². The van der Waals surface area contributed by atoms with Crippen molar-refractivity contribution in [3.8, 4) is 0 Å². The van der Waals surface area contributed by atoms with Crippen LogP contribution in [0.25, 0.3) is 0 Å². The Labute approximate surface area is 136 Å². The lowest BCUT2D eigenvalue weighted by atomic mass is 9.51. The molecule has 2 aliphatic carbocycles. The van der Waals surface area contributed by atoms with Crippen molar-refractivity contribution < 1.29 is 0 Å². The van der Waals surface area contributed by atoms with Crippen LogP contribution < -0.4 is 0 Å². The molecule has 0 amide bonds. The second-order valence-electron chi connectivity index (χ2n) is 7.61. The molecule has 0 nitrogen and oxygen atoms in total. The first-order valence-electron chi connectivity index (χ1n) is 9.97. The monoisotopic (exact) mass is 296 g/mol. The number of rotatable bonds is 2. The molecule has 2 rings (SSSR count). The zero-order valence-corrected chi connectivity index (χ0v) is 16.6. The lowest BCUT2D eigenvalue weighted by Crippen LogP contribution is -2.45. The zero-order valence-electron chi connectivity index (χ0n) is 16.6. The SMILES string of the molecule is CC.CC.CCC(C)C1CCC2CC(C)CC(C)C2(C)C1. The molecule has 0 spiro atoms. The maximum absolute atomic E-state index is 2.61. The molecule has 0 heterocycles.